The molecule has 0 aromatic heterocycles. The molecule has 1 aromatic rings. The van der Waals surface area contributed by atoms with E-state index in [1.807, 2.05) is 0 Å². The van der Waals surface area contributed by atoms with Crippen LogP contribution in [-0.2, 0) is 11.2 Å². The number of carboxylic acids is 2. The molecule has 0 saturated carbocycles. The summed E-state index contributed by atoms with van der Waals surface area (Å²) >= 11 is 4.04. The van der Waals surface area contributed by atoms with Crippen LogP contribution in [0.2, 0.25) is 0 Å². The molecule has 1 aromatic carbocycles. The van der Waals surface area contributed by atoms with Crippen molar-refractivity contribution in [2.24, 2.45) is 0 Å². The summed E-state index contributed by atoms with van der Waals surface area (Å²) in [5.41, 5.74) is 0.582. The largest absolute Gasteiger partial charge is 0.481 e. The van der Waals surface area contributed by atoms with Crippen LogP contribution in [0, 0.1) is 0 Å². The molecule has 2 N–H and O–H groups in total. The zero-order valence-electron chi connectivity index (χ0n) is 8.92. The van der Waals surface area contributed by atoms with Crippen LogP contribution < -0.4 is 4.74 Å². The fourth-order valence-electron chi connectivity index (χ4n) is 1.41. The van der Waals surface area contributed by atoms with E-state index in [2.05, 4.69) is 12.6 Å². The number of carbonyl (C=O) groups is 2. The summed E-state index contributed by atoms with van der Waals surface area (Å²) in [5, 5.41) is 17.6. The number of aromatic carboxylic acids is 1. The summed E-state index contributed by atoms with van der Waals surface area (Å²) in [5.74, 6) is -1.72. The molecule has 0 saturated heterocycles. The van der Waals surface area contributed by atoms with E-state index in [0.717, 1.165) is 0 Å². The highest BCUT2D eigenvalue weighted by molar-refractivity contribution is 7.80. The van der Waals surface area contributed by atoms with Crippen molar-refractivity contribution in [2.45, 2.75) is 6.42 Å². The van der Waals surface area contributed by atoms with Crippen LogP contribution in [-0.4, -0.2) is 34.5 Å². The van der Waals surface area contributed by atoms with Gasteiger partial charge in [0.05, 0.1) is 0 Å². The lowest BCUT2D eigenvalue weighted by Gasteiger charge is -2.10. The number of thiol groups is 1. The Morgan fingerprint density at radius 2 is 2.00 bits per heavy atom. The summed E-state index contributed by atoms with van der Waals surface area (Å²) in [6.07, 6.45) is 0.481. The predicted octanol–water partition coefficient (Wildman–Crippen LogP) is 1.32. The van der Waals surface area contributed by atoms with Gasteiger partial charge in [-0.25, -0.2) is 9.59 Å². The second-order valence-corrected chi connectivity index (χ2v) is 3.70. The maximum Gasteiger partial charge on any atom is 0.341 e. The van der Waals surface area contributed by atoms with Gasteiger partial charge in [-0.3, -0.25) is 0 Å². The maximum absolute atomic E-state index is 11.1. The van der Waals surface area contributed by atoms with Crippen molar-refractivity contribution in [3.63, 3.8) is 0 Å². The Labute approximate surface area is 103 Å². The summed E-state index contributed by atoms with van der Waals surface area (Å²) in [6, 6.07) is 4.73. The summed E-state index contributed by atoms with van der Waals surface area (Å²) < 4.78 is 4.94. The number of hydrogen-bond acceptors (Lipinski definition) is 4. The van der Waals surface area contributed by atoms with Gasteiger partial charge in [0.2, 0.25) is 0 Å². The Kier molecular flexibility index (Phi) is 4.84. The van der Waals surface area contributed by atoms with Crippen molar-refractivity contribution in [1.82, 2.24) is 0 Å². The molecule has 5 nitrogen and oxygen atoms in total. The number of carboxylic acid groups (broad SMARTS) is 2. The highest BCUT2D eigenvalue weighted by atomic mass is 32.1. The zero-order chi connectivity index (χ0) is 12.8. The summed E-state index contributed by atoms with van der Waals surface area (Å²) in [6.45, 7) is -0.565. The molecule has 0 radical (unpaired) electrons. The molecule has 0 heterocycles. The quantitative estimate of drug-likeness (QED) is 0.668. The fourth-order valence-corrected chi connectivity index (χ4v) is 1.65. The molecule has 0 aliphatic rings. The Hall–Kier alpha value is -1.69. The second-order valence-electron chi connectivity index (χ2n) is 3.25. The zero-order valence-corrected chi connectivity index (χ0v) is 9.81. The molecule has 0 aliphatic carbocycles. The number of aryl methyl sites for hydroxylation is 1. The number of ether oxygens (including phenoxy) is 1. The van der Waals surface area contributed by atoms with Crippen LogP contribution in [0.5, 0.6) is 5.75 Å². The van der Waals surface area contributed by atoms with E-state index in [9.17, 15) is 9.59 Å². The smallest absolute Gasteiger partial charge is 0.341 e. The van der Waals surface area contributed by atoms with Gasteiger partial charge in [0.15, 0.2) is 6.61 Å². The van der Waals surface area contributed by atoms with E-state index < -0.39 is 18.5 Å². The van der Waals surface area contributed by atoms with Gasteiger partial charge in [0.1, 0.15) is 11.3 Å². The van der Waals surface area contributed by atoms with Crippen molar-refractivity contribution in [2.75, 3.05) is 12.4 Å². The normalized spacial score (nSPS) is 9.94. The van der Waals surface area contributed by atoms with E-state index in [4.69, 9.17) is 14.9 Å². The van der Waals surface area contributed by atoms with Crippen molar-refractivity contribution in [3.8, 4) is 5.75 Å². The number of rotatable bonds is 6. The highest BCUT2D eigenvalue weighted by Gasteiger charge is 2.16. The Bertz CT molecular complexity index is 430. The molecule has 6 heteroatoms. The lowest BCUT2D eigenvalue weighted by Crippen LogP contribution is -2.13. The SMILES string of the molecule is O=C(O)COc1cccc(CCS)c1C(=O)O. The highest BCUT2D eigenvalue weighted by Crippen LogP contribution is 2.23. The van der Waals surface area contributed by atoms with Gasteiger partial charge in [0.25, 0.3) is 0 Å². The predicted molar refractivity (Wildman–Crippen MR) is 64.1 cm³/mol. The standard InChI is InChI=1S/C11H12O5S/c12-9(13)6-16-8-3-1-2-7(4-5-17)10(8)11(14)15/h1-3,17H,4-6H2,(H,12,13)(H,14,15). The van der Waals surface area contributed by atoms with Crippen molar-refractivity contribution >= 4 is 24.6 Å². The first-order valence-electron chi connectivity index (χ1n) is 4.87. The third kappa shape index (κ3) is 3.67. The fraction of sp³-hybridized carbons (Fsp3) is 0.273. The van der Waals surface area contributed by atoms with Gasteiger partial charge in [-0.05, 0) is 23.8 Å². The van der Waals surface area contributed by atoms with E-state index >= 15 is 0 Å². The van der Waals surface area contributed by atoms with Crippen molar-refractivity contribution < 1.29 is 24.5 Å². The van der Waals surface area contributed by atoms with Gasteiger partial charge >= 0.3 is 11.9 Å². The molecule has 0 aliphatic heterocycles. The summed E-state index contributed by atoms with van der Waals surface area (Å²) in [4.78, 5) is 21.5. The first-order valence-corrected chi connectivity index (χ1v) is 5.50. The molecule has 0 fully saturated rings. The minimum Gasteiger partial charge on any atom is -0.481 e. The lowest BCUT2D eigenvalue weighted by molar-refractivity contribution is -0.139. The van der Waals surface area contributed by atoms with Crippen LogP contribution >= 0.6 is 12.6 Å². The monoisotopic (exact) mass is 256 g/mol. The number of aliphatic carboxylic acids is 1. The van der Waals surface area contributed by atoms with Crippen LogP contribution in [0.25, 0.3) is 0 Å². The van der Waals surface area contributed by atoms with Crippen LogP contribution in [0.1, 0.15) is 15.9 Å². The van der Waals surface area contributed by atoms with Gasteiger partial charge in [0, 0.05) is 0 Å². The third-order valence-corrected chi connectivity index (χ3v) is 2.28. The summed E-state index contributed by atoms with van der Waals surface area (Å²) in [7, 11) is 0. The van der Waals surface area contributed by atoms with Crippen molar-refractivity contribution in [3.05, 3.63) is 29.3 Å². The topological polar surface area (TPSA) is 83.8 Å². The molecular weight excluding hydrogens is 244 g/mol. The van der Waals surface area contributed by atoms with Gasteiger partial charge in [-0.1, -0.05) is 12.1 Å². The first-order chi connectivity index (χ1) is 8.06. The van der Waals surface area contributed by atoms with E-state index in [0.29, 0.717) is 17.7 Å². The average Bonchev–Trinajstić information content (AvgIpc) is 2.26. The third-order valence-electron chi connectivity index (χ3n) is 2.06. The van der Waals surface area contributed by atoms with E-state index in [1.165, 1.54) is 6.07 Å². The van der Waals surface area contributed by atoms with Crippen molar-refractivity contribution in [1.29, 1.82) is 0 Å². The van der Waals surface area contributed by atoms with Crippen LogP contribution in [0.3, 0.4) is 0 Å². The Morgan fingerprint density at radius 1 is 1.29 bits per heavy atom. The van der Waals surface area contributed by atoms with Gasteiger partial charge < -0.3 is 14.9 Å². The molecule has 92 valence electrons. The average molecular weight is 256 g/mol. The Balaban J connectivity index is 3.06. The first kappa shape index (κ1) is 13.4. The number of benzene rings is 1. The molecule has 1 rings (SSSR count). The van der Waals surface area contributed by atoms with E-state index in [-0.39, 0.29) is 11.3 Å². The molecule has 17 heavy (non-hydrogen) atoms. The second kappa shape index (κ2) is 6.15. The molecule has 0 atom stereocenters. The van der Waals surface area contributed by atoms with E-state index in [1.54, 1.807) is 12.1 Å². The lowest BCUT2D eigenvalue weighted by atomic mass is 10.0. The minimum absolute atomic E-state index is 0.00259. The number of hydrogen-bond donors (Lipinski definition) is 3. The van der Waals surface area contributed by atoms with Gasteiger partial charge in [-0.2, -0.15) is 12.6 Å². The molecule has 0 spiro atoms. The van der Waals surface area contributed by atoms with Gasteiger partial charge in [-0.15, -0.1) is 0 Å². The molecule has 0 bridgehead atoms. The molecule has 0 amide bonds. The maximum atomic E-state index is 11.1. The van der Waals surface area contributed by atoms with Crippen LogP contribution in [0.4, 0.5) is 0 Å². The Morgan fingerprint density at radius 3 is 2.53 bits per heavy atom. The van der Waals surface area contributed by atoms with Crippen LogP contribution in [0.15, 0.2) is 18.2 Å². The minimum atomic E-state index is -1.15. The molecule has 0 unspecified atom stereocenters. The molecular formula is C11H12O5S.